The lowest BCUT2D eigenvalue weighted by molar-refractivity contribution is -0.143. The second-order valence-electron chi connectivity index (χ2n) is 5.12. The van der Waals surface area contributed by atoms with Gasteiger partial charge in [0.2, 0.25) is 0 Å². The van der Waals surface area contributed by atoms with Gasteiger partial charge >= 0.3 is 12.0 Å². The first-order chi connectivity index (χ1) is 9.58. The number of likely N-dealkylation sites (tertiary alicyclic amines) is 1. The van der Waals surface area contributed by atoms with Crippen LogP contribution in [0.1, 0.15) is 25.3 Å². The van der Waals surface area contributed by atoms with Gasteiger partial charge in [-0.15, -0.1) is 0 Å². The standard InChI is InChI=1S/C14H19N3O3/c1-10-7-12(13(18)19)4-6-17(10)14(20)16-9-11-3-2-5-15-8-11/h2-3,5,8,10,12H,4,6-7,9H2,1H3,(H,16,20)(H,18,19). The molecule has 0 bridgehead atoms. The highest BCUT2D eigenvalue weighted by atomic mass is 16.4. The lowest BCUT2D eigenvalue weighted by Gasteiger charge is -2.36. The van der Waals surface area contributed by atoms with Gasteiger partial charge in [-0.05, 0) is 31.4 Å². The first-order valence-electron chi connectivity index (χ1n) is 6.74. The summed E-state index contributed by atoms with van der Waals surface area (Å²) in [7, 11) is 0. The van der Waals surface area contributed by atoms with Crippen molar-refractivity contribution < 1.29 is 14.7 Å². The molecule has 2 rings (SSSR count). The van der Waals surface area contributed by atoms with Crippen molar-refractivity contribution in [1.29, 1.82) is 0 Å². The normalized spacial score (nSPS) is 22.4. The number of nitrogens with one attached hydrogen (secondary N) is 1. The van der Waals surface area contributed by atoms with Gasteiger partial charge in [-0.3, -0.25) is 9.78 Å². The second kappa shape index (κ2) is 6.36. The fourth-order valence-corrected chi connectivity index (χ4v) is 2.48. The molecule has 2 atom stereocenters. The number of hydrogen-bond acceptors (Lipinski definition) is 3. The molecule has 2 heterocycles. The van der Waals surface area contributed by atoms with E-state index < -0.39 is 5.97 Å². The fraction of sp³-hybridized carbons (Fsp3) is 0.500. The van der Waals surface area contributed by atoms with E-state index in [0.29, 0.717) is 25.9 Å². The summed E-state index contributed by atoms with van der Waals surface area (Å²) in [5.41, 5.74) is 0.939. The zero-order valence-corrected chi connectivity index (χ0v) is 11.5. The summed E-state index contributed by atoms with van der Waals surface area (Å²) in [6.07, 6.45) is 4.42. The Morgan fingerprint density at radius 2 is 2.35 bits per heavy atom. The lowest BCUT2D eigenvalue weighted by Crippen LogP contribution is -2.50. The zero-order chi connectivity index (χ0) is 14.5. The Hall–Kier alpha value is -2.11. The van der Waals surface area contributed by atoms with Crippen LogP contribution in [0.5, 0.6) is 0 Å². The van der Waals surface area contributed by atoms with Gasteiger partial charge in [0.15, 0.2) is 0 Å². The third-order valence-corrected chi connectivity index (χ3v) is 3.65. The van der Waals surface area contributed by atoms with E-state index in [2.05, 4.69) is 10.3 Å². The number of pyridine rings is 1. The van der Waals surface area contributed by atoms with Crippen molar-refractivity contribution in [3.63, 3.8) is 0 Å². The molecule has 20 heavy (non-hydrogen) atoms. The molecule has 0 radical (unpaired) electrons. The molecule has 0 aromatic carbocycles. The summed E-state index contributed by atoms with van der Waals surface area (Å²) >= 11 is 0. The highest BCUT2D eigenvalue weighted by molar-refractivity contribution is 5.75. The molecule has 6 nitrogen and oxygen atoms in total. The van der Waals surface area contributed by atoms with E-state index in [4.69, 9.17) is 5.11 Å². The number of carboxylic acids is 1. The number of amides is 2. The van der Waals surface area contributed by atoms with Gasteiger partial charge in [0, 0.05) is 31.5 Å². The van der Waals surface area contributed by atoms with Crippen LogP contribution in [-0.4, -0.2) is 39.6 Å². The van der Waals surface area contributed by atoms with Crippen LogP contribution in [0.2, 0.25) is 0 Å². The lowest BCUT2D eigenvalue weighted by atomic mass is 9.92. The Kier molecular flexibility index (Phi) is 4.55. The summed E-state index contributed by atoms with van der Waals surface area (Å²) in [5, 5.41) is 11.8. The van der Waals surface area contributed by atoms with E-state index in [9.17, 15) is 9.59 Å². The minimum atomic E-state index is -0.771. The van der Waals surface area contributed by atoms with Gasteiger partial charge in [-0.2, -0.15) is 0 Å². The molecule has 1 aromatic heterocycles. The van der Waals surface area contributed by atoms with Crippen molar-refractivity contribution in [3.8, 4) is 0 Å². The van der Waals surface area contributed by atoms with Crippen LogP contribution in [-0.2, 0) is 11.3 Å². The van der Waals surface area contributed by atoms with Gasteiger partial charge in [-0.25, -0.2) is 4.79 Å². The Labute approximate surface area is 117 Å². The molecule has 2 N–H and O–H groups in total. The minimum absolute atomic E-state index is 0.0567. The van der Waals surface area contributed by atoms with Crippen LogP contribution in [0.4, 0.5) is 4.79 Å². The quantitative estimate of drug-likeness (QED) is 0.876. The van der Waals surface area contributed by atoms with Crippen molar-refractivity contribution in [2.75, 3.05) is 6.54 Å². The number of hydrogen-bond donors (Lipinski definition) is 2. The molecule has 108 valence electrons. The maximum atomic E-state index is 12.1. The minimum Gasteiger partial charge on any atom is -0.481 e. The smallest absolute Gasteiger partial charge is 0.317 e. The zero-order valence-electron chi connectivity index (χ0n) is 11.5. The third kappa shape index (κ3) is 3.46. The van der Waals surface area contributed by atoms with E-state index in [1.165, 1.54) is 0 Å². The SMILES string of the molecule is CC1CC(C(=O)O)CCN1C(=O)NCc1cccnc1. The largest absolute Gasteiger partial charge is 0.481 e. The number of urea groups is 1. The van der Waals surface area contributed by atoms with Crippen LogP contribution in [0.25, 0.3) is 0 Å². The molecule has 0 spiro atoms. The highest BCUT2D eigenvalue weighted by Gasteiger charge is 2.31. The first-order valence-corrected chi connectivity index (χ1v) is 6.74. The summed E-state index contributed by atoms with van der Waals surface area (Å²) in [6, 6.07) is 3.51. The van der Waals surface area contributed by atoms with E-state index in [0.717, 1.165) is 5.56 Å². The average Bonchev–Trinajstić information content (AvgIpc) is 2.45. The molecule has 0 saturated carbocycles. The van der Waals surface area contributed by atoms with Crippen LogP contribution < -0.4 is 5.32 Å². The molecule has 1 fully saturated rings. The number of rotatable bonds is 3. The van der Waals surface area contributed by atoms with Crippen LogP contribution in [0.3, 0.4) is 0 Å². The van der Waals surface area contributed by atoms with E-state index in [-0.39, 0.29) is 18.0 Å². The molecule has 1 saturated heterocycles. The van der Waals surface area contributed by atoms with Gasteiger partial charge < -0.3 is 15.3 Å². The maximum absolute atomic E-state index is 12.1. The van der Waals surface area contributed by atoms with Crippen molar-refractivity contribution >= 4 is 12.0 Å². The van der Waals surface area contributed by atoms with Gasteiger partial charge in [0.05, 0.1) is 5.92 Å². The number of carboxylic acid groups (broad SMARTS) is 1. The molecular weight excluding hydrogens is 258 g/mol. The Morgan fingerprint density at radius 1 is 1.55 bits per heavy atom. The van der Waals surface area contributed by atoms with Gasteiger partial charge in [0.25, 0.3) is 0 Å². The molecular formula is C14H19N3O3. The molecule has 0 aliphatic carbocycles. The van der Waals surface area contributed by atoms with E-state index >= 15 is 0 Å². The van der Waals surface area contributed by atoms with Gasteiger partial charge in [0.1, 0.15) is 0 Å². The first kappa shape index (κ1) is 14.3. The number of nitrogens with zero attached hydrogens (tertiary/aromatic N) is 2. The Morgan fingerprint density at radius 3 is 2.95 bits per heavy atom. The van der Waals surface area contributed by atoms with Crippen molar-refractivity contribution in [1.82, 2.24) is 15.2 Å². The van der Waals surface area contributed by atoms with Crippen molar-refractivity contribution in [3.05, 3.63) is 30.1 Å². The molecule has 2 amide bonds. The van der Waals surface area contributed by atoms with Crippen LogP contribution >= 0.6 is 0 Å². The summed E-state index contributed by atoms with van der Waals surface area (Å²) < 4.78 is 0. The summed E-state index contributed by atoms with van der Waals surface area (Å²) in [6.45, 7) is 2.80. The molecule has 1 aliphatic rings. The highest BCUT2D eigenvalue weighted by Crippen LogP contribution is 2.22. The Balaban J connectivity index is 1.85. The number of carbonyl (C=O) groups excluding carboxylic acids is 1. The number of carbonyl (C=O) groups is 2. The third-order valence-electron chi connectivity index (χ3n) is 3.65. The number of aromatic nitrogens is 1. The predicted octanol–water partition coefficient (Wildman–Crippen LogP) is 1.48. The fourth-order valence-electron chi connectivity index (χ4n) is 2.48. The Bertz CT molecular complexity index is 478. The molecule has 6 heteroatoms. The number of aliphatic carboxylic acids is 1. The van der Waals surface area contributed by atoms with E-state index in [1.54, 1.807) is 17.3 Å². The number of piperidine rings is 1. The summed E-state index contributed by atoms with van der Waals surface area (Å²) in [5.74, 6) is -1.11. The van der Waals surface area contributed by atoms with Crippen molar-refractivity contribution in [2.45, 2.75) is 32.4 Å². The van der Waals surface area contributed by atoms with Gasteiger partial charge in [-0.1, -0.05) is 6.07 Å². The molecule has 1 aromatic rings. The second-order valence-corrected chi connectivity index (χ2v) is 5.12. The van der Waals surface area contributed by atoms with Crippen molar-refractivity contribution in [2.24, 2.45) is 5.92 Å². The van der Waals surface area contributed by atoms with Crippen LogP contribution in [0, 0.1) is 5.92 Å². The molecule has 2 unspecified atom stereocenters. The molecule has 1 aliphatic heterocycles. The van der Waals surface area contributed by atoms with Crippen LogP contribution in [0.15, 0.2) is 24.5 Å². The van der Waals surface area contributed by atoms with E-state index in [1.807, 2.05) is 19.1 Å². The predicted molar refractivity (Wildman–Crippen MR) is 73.0 cm³/mol. The maximum Gasteiger partial charge on any atom is 0.317 e. The average molecular weight is 277 g/mol. The summed E-state index contributed by atoms with van der Waals surface area (Å²) in [4.78, 5) is 28.8. The monoisotopic (exact) mass is 277 g/mol. The topological polar surface area (TPSA) is 82.5 Å².